The second-order valence-corrected chi connectivity index (χ2v) is 6.68. The fourth-order valence-corrected chi connectivity index (χ4v) is 3.23. The summed E-state index contributed by atoms with van der Waals surface area (Å²) in [7, 11) is 0. The van der Waals surface area contributed by atoms with Crippen LogP contribution in [0.2, 0.25) is 0 Å². The maximum atomic E-state index is 4.56. The summed E-state index contributed by atoms with van der Waals surface area (Å²) in [6.07, 6.45) is 7.66. The lowest BCUT2D eigenvalue weighted by Crippen LogP contribution is -1.80. The Morgan fingerprint density at radius 1 is 0.536 bits per heavy atom. The van der Waals surface area contributed by atoms with E-state index in [0.717, 1.165) is 33.5 Å². The number of aliphatic imine (C=N–C) groups is 2. The molecule has 0 atom stereocenters. The molecule has 5 rings (SSSR count). The summed E-state index contributed by atoms with van der Waals surface area (Å²) in [6.45, 7) is 0. The van der Waals surface area contributed by atoms with Gasteiger partial charge in [0.2, 0.25) is 0 Å². The van der Waals surface area contributed by atoms with Gasteiger partial charge in [0, 0.05) is 35.9 Å². The van der Waals surface area contributed by atoms with E-state index < -0.39 is 0 Å². The van der Waals surface area contributed by atoms with Crippen LogP contribution < -0.4 is 0 Å². The molecule has 0 fully saturated rings. The van der Waals surface area contributed by atoms with E-state index in [-0.39, 0.29) is 0 Å². The summed E-state index contributed by atoms with van der Waals surface area (Å²) in [5.41, 5.74) is 6.23. The molecule has 0 amide bonds. The third-order valence-corrected chi connectivity index (χ3v) is 4.73. The largest absolute Gasteiger partial charge is 0.361 e. The molecule has 0 saturated heterocycles. The van der Waals surface area contributed by atoms with Crippen LogP contribution in [0, 0.1) is 0 Å². The van der Waals surface area contributed by atoms with Crippen LogP contribution in [0.25, 0.3) is 21.8 Å². The molecule has 0 radical (unpaired) electrons. The van der Waals surface area contributed by atoms with E-state index in [9.17, 15) is 0 Å². The van der Waals surface area contributed by atoms with Crippen molar-refractivity contribution in [3.05, 3.63) is 96.3 Å². The first-order valence-corrected chi connectivity index (χ1v) is 9.16. The Balaban J connectivity index is 1.30. The number of aromatic amines is 2. The first-order chi connectivity index (χ1) is 13.8. The molecule has 4 nitrogen and oxygen atoms in total. The maximum absolute atomic E-state index is 4.56. The lowest BCUT2D eigenvalue weighted by molar-refractivity contribution is 1.47. The highest BCUT2D eigenvalue weighted by Crippen LogP contribution is 2.20. The number of fused-ring (bicyclic) bond motifs is 2. The fraction of sp³-hybridized carbons (Fsp3) is 0. The van der Waals surface area contributed by atoms with Crippen molar-refractivity contribution in [2.75, 3.05) is 0 Å². The molecular formula is C24H18N4. The Bertz CT molecular complexity index is 1200. The van der Waals surface area contributed by atoms with Crippen molar-refractivity contribution in [3.63, 3.8) is 0 Å². The fourth-order valence-electron chi connectivity index (χ4n) is 3.23. The van der Waals surface area contributed by atoms with Gasteiger partial charge in [-0.25, -0.2) is 0 Å². The van der Waals surface area contributed by atoms with Crippen LogP contribution in [0.5, 0.6) is 0 Å². The van der Waals surface area contributed by atoms with Gasteiger partial charge in [-0.15, -0.1) is 0 Å². The molecule has 0 bridgehead atoms. The van der Waals surface area contributed by atoms with E-state index in [4.69, 9.17) is 0 Å². The highest BCUT2D eigenvalue weighted by molar-refractivity contribution is 5.91. The van der Waals surface area contributed by atoms with Crippen molar-refractivity contribution in [2.24, 2.45) is 9.98 Å². The summed E-state index contributed by atoms with van der Waals surface area (Å²) in [5.74, 6) is 0. The molecule has 0 aliphatic heterocycles. The molecule has 3 aromatic carbocycles. The van der Waals surface area contributed by atoms with Crippen molar-refractivity contribution in [1.29, 1.82) is 0 Å². The summed E-state index contributed by atoms with van der Waals surface area (Å²) >= 11 is 0. The van der Waals surface area contributed by atoms with Crippen LogP contribution in [-0.2, 0) is 0 Å². The Morgan fingerprint density at radius 2 is 1.00 bits per heavy atom. The van der Waals surface area contributed by atoms with Crippen molar-refractivity contribution in [2.45, 2.75) is 0 Å². The molecule has 0 aliphatic rings. The van der Waals surface area contributed by atoms with E-state index in [2.05, 4.69) is 68.5 Å². The van der Waals surface area contributed by atoms with Crippen molar-refractivity contribution >= 4 is 45.6 Å². The highest BCUT2D eigenvalue weighted by atomic mass is 14.7. The van der Waals surface area contributed by atoms with Crippen LogP contribution in [0.15, 0.2) is 95.2 Å². The van der Waals surface area contributed by atoms with Gasteiger partial charge >= 0.3 is 0 Å². The molecule has 5 aromatic rings. The van der Waals surface area contributed by atoms with Crippen LogP contribution in [0.3, 0.4) is 0 Å². The van der Waals surface area contributed by atoms with Crippen molar-refractivity contribution in [3.8, 4) is 0 Å². The van der Waals surface area contributed by atoms with Gasteiger partial charge in [0.15, 0.2) is 0 Å². The Morgan fingerprint density at radius 3 is 1.46 bits per heavy atom. The Hall–Kier alpha value is -3.92. The van der Waals surface area contributed by atoms with Crippen LogP contribution >= 0.6 is 0 Å². The van der Waals surface area contributed by atoms with Gasteiger partial charge in [0.25, 0.3) is 0 Å². The Labute approximate surface area is 162 Å². The summed E-state index contributed by atoms with van der Waals surface area (Å²) in [5, 5.41) is 2.37. The molecule has 0 spiro atoms. The maximum Gasteiger partial charge on any atom is 0.0631 e. The van der Waals surface area contributed by atoms with E-state index in [0.29, 0.717) is 0 Å². The third kappa shape index (κ3) is 3.35. The SMILES string of the molecule is C(=Nc1ccc(N=Cc2ccc3[nH]ccc3c2)cc1)c1ccc2[nH]ccc2c1. The molecule has 2 heterocycles. The van der Waals surface area contributed by atoms with Gasteiger partial charge in [-0.2, -0.15) is 0 Å². The van der Waals surface area contributed by atoms with Gasteiger partial charge in [0.1, 0.15) is 0 Å². The highest BCUT2D eigenvalue weighted by Gasteiger charge is 1.97. The van der Waals surface area contributed by atoms with E-state index in [1.807, 2.05) is 49.1 Å². The molecule has 4 heteroatoms. The Kier molecular flexibility index (Phi) is 4.07. The minimum absolute atomic E-state index is 0.904. The van der Waals surface area contributed by atoms with Crippen molar-refractivity contribution < 1.29 is 0 Å². The standard InChI is InChI=1S/C24H18N4/c1-7-23-19(9-11-25-23)13-17(1)15-27-21-3-5-22(6-4-21)28-16-18-2-8-24-20(14-18)10-12-26-24/h1-16,25-26H. The van der Waals surface area contributed by atoms with Crippen molar-refractivity contribution in [1.82, 2.24) is 9.97 Å². The molecule has 2 N–H and O–H groups in total. The monoisotopic (exact) mass is 362 g/mol. The van der Waals surface area contributed by atoms with Gasteiger partial charge in [-0.3, -0.25) is 9.98 Å². The number of nitrogens with zero attached hydrogens (tertiary/aromatic N) is 2. The number of rotatable bonds is 4. The predicted octanol–water partition coefficient (Wildman–Crippen LogP) is 6.15. The number of nitrogens with one attached hydrogen (secondary N) is 2. The van der Waals surface area contributed by atoms with Gasteiger partial charge in [0.05, 0.1) is 11.4 Å². The summed E-state index contributed by atoms with van der Waals surface area (Å²) in [6, 6.07) is 24.5. The zero-order valence-corrected chi connectivity index (χ0v) is 15.1. The van der Waals surface area contributed by atoms with Gasteiger partial charge in [-0.1, -0.05) is 12.1 Å². The number of aromatic nitrogens is 2. The van der Waals surface area contributed by atoms with Crippen LogP contribution in [-0.4, -0.2) is 22.4 Å². The lowest BCUT2D eigenvalue weighted by Gasteiger charge is -1.98. The molecule has 0 unspecified atom stereocenters. The topological polar surface area (TPSA) is 56.3 Å². The first kappa shape index (κ1) is 16.3. The van der Waals surface area contributed by atoms with E-state index >= 15 is 0 Å². The molecule has 0 aliphatic carbocycles. The molecule has 28 heavy (non-hydrogen) atoms. The number of hydrogen-bond donors (Lipinski definition) is 2. The minimum Gasteiger partial charge on any atom is -0.361 e. The van der Waals surface area contributed by atoms with E-state index in [1.54, 1.807) is 0 Å². The average Bonchev–Trinajstić information content (AvgIpc) is 3.39. The second-order valence-electron chi connectivity index (χ2n) is 6.68. The zero-order chi connectivity index (χ0) is 18.8. The zero-order valence-electron chi connectivity index (χ0n) is 15.1. The number of benzene rings is 3. The average molecular weight is 362 g/mol. The van der Waals surface area contributed by atoms with Crippen LogP contribution in [0.1, 0.15) is 11.1 Å². The quantitative estimate of drug-likeness (QED) is 0.360. The van der Waals surface area contributed by atoms with E-state index in [1.165, 1.54) is 10.8 Å². The predicted molar refractivity (Wildman–Crippen MR) is 118 cm³/mol. The lowest BCUT2D eigenvalue weighted by atomic mass is 10.2. The molecule has 0 saturated carbocycles. The van der Waals surface area contributed by atoms with Gasteiger partial charge < -0.3 is 9.97 Å². The van der Waals surface area contributed by atoms with Crippen LogP contribution in [0.4, 0.5) is 11.4 Å². The normalized spacial score (nSPS) is 12.0. The van der Waals surface area contributed by atoms with Gasteiger partial charge in [-0.05, 0) is 82.6 Å². The number of H-pyrrole nitrogens is 2. The second kappa shape index (κ2) is 7.00. The third-order valence-electron chi connectivity index (χ3n) is 4.73. The molecular weight excluding hydrogens is 344 g/mol. The molecule has 2 aromatic heterocycles. The summed E-state index contributed by atoms with van der Waals surface area (Å²) < 4.78 is 0. The summed E-state index contributed by atoms with van der Waals surface area (Å²) in [4.78, 5) is 15.5. The number of hydrogen-bond acceptors (Lipinski definition) is 2. The first-order valence-electron chi connectivity index (χ1n) is 9.16. The molecule has 134 valence electrons. The minimum atomic E-state index is 0.904. The smallest absolute Gasteiger partial charge is 0.0631 e.